The van der Waals surface area contributed by atoms with Gasteiger partial charge in [0.1, 0.15) is 5.92 Å². The van der Waals surface area contributed by atoms with Crippen LogP contribution in [0, 0.1) is 11.8 Å². The van der Waals surface area contributed by atoms with E-state index in [2.05, 4.69) is 6.92 Å². The molecule has 3 atom stereocenters. The van der Waals surface area contributed by atoms with Crippen LogP contribution in [-0.4, -0.2) is 65.8 Å². The van der Waals surface area contributed by atoms with Gasteiger partial charge in [-0.2, -0.15) is 0 Å². The lowest BCUT2D eigenvalue weighted by atomic mass is 9.95. The number of carbonyl (C=O) groups is 2. The average Bonchev–Trinajstić information content (AvgIpc) is 2.97. The van der Waals surface area contributed by atoms with Crippen LogP contribution in [0.4, 0.5) is 4.79 Å². The van der Waals surface area contributed by atoms with Gasteiger partial charge in [-0.15, -0.1) is 0 Å². The second-order valence-electron chi connectivity index (χ2n) is 5.98. The number of carbonyl (C=O) groups excluding carboxylic acids is 1. The molecule has 0 bridgehead atoms. The summed E-state index contributed by atoms with van der Waals surface area (Å²) < 4.78 is 5.30. The number of aliphatic carboxylic acids is 1. The summed E-state index contributed by atoms with van der Waals surface area (Å²) in [7, 11) is 0. The van der Waals surface area contributed by atoms with Gasteiger partial charge in [0.25, 0.3) is 0 Å². The van der Waals surface area contributed by atoms with E-state index in [4.69, 9.17) is 4.74 Å². The van der Waals surface area contributed by atoms with Gasteiger partial charge in [0.15, 0.2) is 0 Å². The number of nitrogens with zero attached hydrogens (tertiary/aromatic N) is 2. The Morgan fingerprint density at radius 1 is 1.33 bits per heavy atom. The number of ether oxygens (including phenoxy) is 1. The molecule has 2 fully saturated rings. The second-order valence-corrected chi connectivity index (χ2v) is 5.98. The van der Waals surface area contributed by atoms with Crippen molar-refractivity contribution in [3.63, 3.8) is 0 Å². The van der Waals surface area contributed by atoms with E-state index >= 15 is 0 Å². The molecular formula is C15H26N2O4. The zero-order valence-electron chi connectivity index (χ0n) is 13.0. The number of hydrogen-bond acceptors (Lipinski definition) is 3. The van der Waals surface area contributed by atoms with Gasteiger partial charge in [-0.25, -0.2) is 4.79 Å². The fourth-order valence-corrected chi connectivity index (χ4v) is 3.35. The van der Waals surface area contributed by atoms with Crippen LogP contribution in [0.15, 0.2) is 0 Å². The van der Waals surface area contributed by atoms with E-state index in [0.29, 0.717) is 19.1 Å². The molecule has 0 spiro atoms. The maximum Gasteiger partial charge on any atom is 0.320 e. The molecular weight excluding hydrogens is 272 g/mol. The van der Waals surface area contributed by atoms with Crippen LogP contribution in [0.2, 0.25) is 0 Å². The van der Waals surface area contributed by atoms with E-state index in [1.54, 1.807) is 4.90 Å². The van der Waals surface area contributed by atoms with Crippen molar-refractivity contribution in [3.05, 3.63) is 0 Å². The number of urea groups is 1. The number of piperidine rings is 1. The van der Waals surface area contributed by atoms with E-state index in [1.165, 1.54) is 6.42 Å². The van der Waals surface area contributed by atoms with E-state index in [-0.39, 0.29) is 18.7 Å². The summed E-state index contributed by atoms with van der Waals surface area (Å²) in [5.74, 6) is -0.925. The Hall–Kier alpha value is -1.30. The Morgan fingerprint density at radius 3 is 2.71 bits per heavy atom. The van der Waals surface area contributed by atoms with E-state index in [9.17, 15) is 14.7 Å². The van der Waals surface area contributed by atoms with Crippen molar-refractivity contribution >= 4 is 12.0 Å². The van der Waals surface area contributed by atoms with E-state index in [0.717, 1.165) is 25.9 Å². The smallest absolute Gasteiger partial charge is 0.320 e. The molecule has 2 rings (SSSR count). The molecule has 0 aromatic carbocycles. The van der Waals surface area contributed by atoms with Crippen LogP contribution in [0.1, 0.15) is 33.1 Å². The molecule has 6 heteroatoms. The van der Waals surface area contributed by atoms with Gasteiger partial charge >= 0.3 is 12.0 Å². The fraction of sp³-hybridized carbons (Fsp3) is 0.867. The van der Waals surface area contributed by atoms with Crippen LogP contribution >= 0.6 is 0 Å². The Balaban J connectivity index is 2.06. The average molecular weight is 298 g/mol. The Kier molecular flexibility index (Phi) is 5.45. The van der Waals surface area contributed by atoms with Crippen molar-refractivity contribution in [2.75, 3.05) is 32.8 Å². The second kappa shape index (κ2) is 7.11. The molecule has 0 aliphatic carbocycles. The third-order valence-corrected chi connectivity index (χ3v) is 4.72. The predicted octanol–water partition coefficient (Wildman–Crippen LogP) is 1.65. The summed E-state index contributed by atoms with van der Waals surface area (Å²) in [5.41, 5.74) is 0. The van der Waals surface area contributed by atoms with Gasteiger partial charge in [0.05, 0.1) is 19.3 Å². The summed E-state index contributed by atoms with van der Waals surface area (Å²) in [6, 6.07) is -0.376. The fourth-order valence-electron chi connectivity index (χ4n) is 3.35. The topological polar surface area (TPSA) is 70.1 Å². The molecule has 0 saturated carbocycles. The highest BCUT2D eigenvalue weighted by Crippen LogP contribution is 2.24. The van der Waals surface area contributed by atoms with Crippen molar-refractivity contribution in [1.82, 2.24) is 9.80 Å². The van der Waals surface area contributed by atoms with Crippen molar-refractivity contribution in [2.45, 2.75) is 39.2 Å². The Bertz CT molecular complexity index is 388. The van der Waals surface area contributed by atoms with Crippen LogP contribution in [0.5, 0.6) is 0 Å². The number of hydrogen-bond donors (Lipinski definition) is 1. The lowest BCUT2D eigenvalue weighted by molar-refractivity contribution is -0.142. The number of carboxylic acids is 1. The number of amides is 2. The number of carboxylic acid groups (broad SMARTS) is 1. The van der Waals surface area contributed by atoms with Gasteiger partial charge in [-0.3, -0.25) is 4.79 Å². The SMILES string of the molecule is CCC1CCCN(C(=O)N(CC)C2COCC2C(=O)O)C1. The summed E-state index contributed by atoms with van der Waals surface area (Å²) in [4.78, 5) is 27.6. The largest absolute Gasteiger partial charge is 0.481 e. The molecule has 2 aliphatic rings. The van der Waals surface area contributed by atoms with Gasteiger partial charge in [-0.1, -0.05) is 13.3 Å². The molecule has 21 heavy (non-hydrogen) atoms. The molecule has 0 aromatic rings. The predicted molar refractivity (Wildman–Crippen MR) is 78.1 cm³/mol. The third kappa shape index (κ3) is 3.48. The third-order valence-electron chi connectivity index (χ3n) is 4.72. The Labute approximate surface area is 126 Å². The molecule has 0 radical (unpaired) electrons. The lowest BCUT2D eigenvalue weighted by Crippen LogP contribution is -2.53. The standard InChI is InChI=1S/C15H26N2O4/c1-3-11-6-5-7-16(8-11)15(20)17(4-2)13-10-21-9-12(13)14(18)19/h11-13H,3-10H2,1-2H3,(H,18,19). The molecule has 2 heterocycles. The number of likely N-dealkylation sites (tertiary alicyclic amines) is 1. The molecule has 2 aliphatic heterocycles. The van der Waals surface area contributed by atoms with Gasteiger partial charge in [0.2, 0.25) is 0 Å². The molecule has 3 unspecified atom stereocenters. The van der Waals surface area contributed by atoms with Gasteiger partial charge in [-0.05, 0) is 25.7 Å². The van der Waals surface area contributed by atoms with Crippen molar-refractivity contribution < 1.29 is 19.4 Å². The van der Waals surface area contributed by atoms with Gasteiger partial charge < -0.3 is 19.6 Å². The first-order chi connectivity index (χ1) is 10.1. The number of rotatable bonds is 4. The zero-order chi connectivity index (χ0) is 15.4. The van der Waals surface area contributed by atoms with Crippen LogP contribution in [0.3, 0.4) is 0 Å². The number of likely N-dealkylation sites (N-methyl/N-ethyl adjacent to an activating group) is 1. The molecule has 2 amide bonds. The highest BCUT2D eigenvalue weighted by Gasteiger charge is 2.41. The molecule has 1 N–H and O–H groups in total. The first-order valence-corrected chi connectivity index (χ1v) is 7.94. The summed E-state index contributed by atoms with van der Waals surface area (Å²) in [5, 5.41) is 9.27. The molecule has 120 valence electrons. The van der Waals surface area contributed by atoms with Gasteiger partial charge in [0, 0.05) is 19.6 Å². The minimum atomic E-state index is -0.881. The van der Waals surface area contributed by atoms with E-state index < -0.39 is 11.9 Å². The minimum absolute atomic E-state index is 0.0302. The normalized spacial score (nSPS) is 29.4. The van der Waals surface area contributed by atoms with E-state index in [1.807, 2.05) is 11.8 Å². The van der Waals surface area contributed by atoms with Crippen LogP contribution < -0.4 is 0 Å². The lowest BCUT2D eigenvalue weighted by Gasteiger charge is -2.38. The quantitative estimate of drug-likeness (QED) is 0.857. The summed E-state index contributed by atoms with van der Waals surface area (Å²) in [6.07, 6.45) is 3.29. The van der Waals surface area contributed by atoms with Crippen molar-refractivity contribution in [3.8, 4) is 0 Å². The first kappa shape index (κ1) is 16.1. The summed E-state index contributed by atoms with van der Waals surface area (Å²) in [6.45, 7) is 6.65. The highest BCUT2D eigenvalue weighted by molar-refractivity contribution is 5.77. The zero-order valence-corrected chi connectivity index (χ0v) is 13.0. The monoisotopic (exact) mass is 298 g/mol. The Morgan fingerprint density at radius 2 is 2.10 bits per heavy atom. The molecule has 0 aromatic heterocycles. The molecule has 6 nitrogen and oxygen atoms in total. The minimum Gasteiger partial charge on any atom is -0.481 e. The van der Waals surface area contributed by atoms with Crippen LogP contribution in [0.25, 0.3) is 0 Å². The van der Waals surface area contributed by atoms with Crippen LogP contribution in [-0.2, 0) is 9.53 Å². The van der Waals surface area contributed by atoms with Crippen molar-refractivity contribution in [2.24, 2.45) is 11.8 Å². The summed E-state index contributed by atoms with van der Waals surface area (Å²) >= 11 is 0. The first-order valence-electron chi connectivity index (χ1n) is 7.94. The maximum atomic E-state index is 12.7. The highest BCUT2D eigenvalue weighted by atomic mass is 16.5. The molecule has 2 saturated heterocycles. The maximum absolute atomic E-state index is 12.7. The van der Waals surface area contributed by atoms with Crippen molar-refractivity contribution in [1.29, 1.82) is 0 Å².